The maximum Gasteiger partial charge on any atom is 0.140 e. The minimum absolute atomic E-state index is 0.336. The zero-order valence-corrected chi connectivity index (χ0v) is 10.7. The number of nitrogens with zero attached hydrogens (tertiary/aromatic N) is 2. The number of halogens is 3. The third-order valence-corrected chi connectivity index (χ3v) is 3.33. The summed E-state index contributed by atoms with van der Waals surface area (Å²) in [6, 6.07) is 8.58. The summed E-state index contributed by atoms with van der Waals surface area (Å²) in [6.45, 7) is 0. The fourth-order valence-electron chi connectivity index (χ4n) is 1.40. The Labute approximate surface area is 113 Å². The van der Waals surface area contributed by atoms with E-state index in [1.54, 1.807) is 30.5 Å². The van der Waals surface area contributed by atoms with Crippen molar-refractivity contribution in [2.45, 2.75) is 0 Å². The zero-order chi connectivity index (χ0) is 12.4. The summed E-state index contributed by atoms with van der Waals surface area (Å²) in [5.74, 6) is 0. The lowest BCUT2D eigenvalue weighted by Crippen LogP contribution is -1.86. The fourth-order valence-corrected chi connectivity index (χ4v) is 2.15. The smallest absolute Gasteiger partial charge is 0.140 e. The largest absolute Gasteiger partial charge is 0.245 e. The molecule has 2 aromatic rings. The normalized spacial score (nSPS) is 10.0. The molecule has 0 spiro atoms. The number of nitriles is 1. The van der Waals surface area contributed by atoms with Crippen molar-refractivity contribution in [1.82, 2.24) is 4.98 Å². The van der Waals surface area contributed by atoms with Crippen molar-refractivity contribution in [3.05, 3.63) is 51.2 Å². The number of benzene rings is 1. The van der Waals surface area contributed by atoms with Gasteiger partial charge < -0.3 is 0 Å². The van der Waals surface area contributed by atoms with Crippen LogP contribution < -0.4 is 0 Å². The van der Waals surface area contributed by atoms with Gasteiger partial charge in [0.25, 0.3) is 0 Å². The monoisotopic (exact) mass is 282 g/mol. The van der Waals surface area contributed by atoms with Crippen molar-refractivity contribution >= 4 is 34.8 Å². The molecule has 0 fully saturated rings. The van der Waals surface area contributed by atoms with Crippen LogP contribution in [0.15, 0.2) is 30.5 Å². The van der Waals surface area contributed by atoms with Gasteiger partial charge >= 0.3 is 0 Å². The van der Waals surface area contributed by atoms with E-state index in [1.165, 1.54) is 0 Å². The minimum Gasteiger partial charge on any atom is -0.245 e. The minimum atomic E-state index is 0.336. The molecule has 17 heavy (non-hydrogen) atoms. The van der Waals surface area contributed by atoms with Gasteiger partial charge in [0.2, 0.25) is 0 Å². The summed E-state index contributed by atoms with van der Waals surface area (Å²) in [7, 11) is 0. The second kappa shape index (κ2) is 4.93. The van der Waals surface area contributed by atoms with Gasteiger partial charge in [-0.2, -0.15) is 5.26 Å². The molecule has 0 aliphatic heterocycles. The number of hydrogen-bond donors (Lipinski definition) is 0. The quantitative estimate of drug-likeness (QED) is 0.718. The average Bonchev–Trinajstić information content (AvgIpc) is 2.35. The summed E-state index contributed by atoms with van der Waals surface area (Å²) in [5.41, 5.74) is 1.68. The second-order valence-electron chi connectivity index (χ2n) is 3.26. The molecule has 1 heterocycles. The van der Waals surface area contributed by atoms with E-state index in [0.717, 1.165) is 5.56 Å². The highest BCUT2D eigenvalue weighted by Crippen LogP contribution is 2.38. The molecule has 0 aliphatic carbocycles. The van der Waals surface area contributed by atoms with Crippen LogP contribution in [-0.2, 0) is 0 Å². The van der Waals surface area contributed by atoms with Crippen LogP contribution in [-0.4, -0.2) is 4.98 Å². The molecule has 0 aliphatic rings. The molecule has 5 heteroatoms. The Bertz CT molecular complexity index is 600. The predicted molar refractivity (Wildman–Crippen MR) is 69.4 cm³/mol. The van der Waals surface area contributed by atoms with Crippen molar-refractivity contribution < 1.29 is 0 Å². The number of rotatable bonds is 1. The first-order chi connectivity index (χ1) is 8.13. The van der Waals surface area contributed by atoms with Gasteiger partial charge in [-0.05, 0) is 24.3 Å². The SMILES string of the molecule is N#Cc1ccc(-c2c(Cl)ccc(Cl)c2Cl)cn1. The molecule has 2 rings (SSSR count). The molecule has 0 saturated carbocycles. The Morgan fingerprint density at radius 2 is 1.71 bits per heavy atom. The lowest BCUT2D eigenvalue weighted by atomic mass is 10.1. The van der Waals surface area contributed by atoms with Gasteiger partial charge in [-0.3, -0.25) is 0 Å². The lowest BCUT2D eigenvalue weighted by Gasteiger charge is -2.08. The molecule has 0 bridgehead atoms. The van der Waals surface area contributed by atoms with E-state index in [0.29, 0.717) is 26.3 Å². The Morgan fingerprint density at radius 3 is 2.29 bits per heavy atom. The number of hydrogen-bond acceptors (Lipinski definition) is 2. The van der Waals surface area contributed by atoms with Gasteiger partial charge in [0, 0.05) is 17.3 Å². The Kier molecular flexibility index (Phi) is 3.54. The highest BCUT2D eigenvalue weighted by Gasteiger charge is 2.12. The van der Waals surface area contributed by atoms with E-state index in [1.807, 2.05) is 6.07 Å². The first-order valence-corrected chi connectivity index (χ1v) is 5.77. The Hall–Kier alpha value is -1.27. The van der Waals surface area contributed by atoms with Crippen molar-refractivity contribution in [3.63, 3.8) is 0 Å². The summed E-state index contributed by atoms with van der Waals surface area (Å²) >= 11 is 18.1. The molecule has 84 valence electrons. The molecule has 0 amide bonds. The molecule has 0 saturated heterocycles. The van der Waals surface area contributed by atoms with Gasteiger partial charge in [-0.1, -0.05) is 34.8 Å². The van der Waals surface area contributed by atoms with Crippen LogP contribution in [0.2, 0.25) is 15.1 Å². The highest BCUT2D eigenvalue weighted by molar-refractivity contribution is 6.46. The second-order valence-corrected chi connectivity index (χ2v) is 4.45. The van der Waals surface area contributed by atoms with Crippen molar-refractivity contribution in [2.24, 2.45) is 0 Å². The Morgan fingerprint density at radius 1 is 1.00 bits per heavy atom. The molecule has 0 radical (unpaired) electrons. The van der Waals surface area contributed by atoms with E-state index in [-0.39, 0.29) is 0 Å². The summed E-state index contributed by atoms with van der Waals surface area (Å²) < 4.78 is 0. The van der Waals surface area contributed by atoms with E-state index in [2.05, 4.69) is 4.98 Å². The third kappa shape index (κ3) is 2.37. The van der Waals surface area contributed by atoms with E-state index >= 15 is 0 Å². The van der Waals surface area contributed by atoms with Gasteiger partial charge in [0.15, 0.2) is 0 Å². The molecule has 1 aromatic heterocycles. The van der Waals surface area contributed by atoms with Crippen LogP contribution in [0.5, 0.6) is 0 Å². The molecular formula is C12H5Cl3N2. The van der Waals surface area contributed by atoms with Crippen LogP contribution in [0.25, 0.3) is 11.1 Å². The van der Waals surface area contributed by atoms with Crippen LogP contribution in [0, 0.1) is 11.3 Å². The topological polar surface area (TPSA) is 36.7 Å². The zero-order valence-electron chi connectivity index (χ0n) is 8.42. The van der Waals surface area contributed by atoms with Crippen molar-refractivity contribution in [3.8, 4) is 17.2 Å². The van der Waals surface area contributed by atoms with E-state index in [9.17, 15) is 0 Å². The van der Waals surface area contributed by atoms with Crippen LogP contribution >= 0.6 is 34.8 Å². The predicted octanol–water partition coefficient (Wildman–Crippen LogP) is 4.58. The van der Waals surface area contributed by atoms with Crippen molar-refractivity contribution in [2.75, 3.05) is 0 Å². The van der Waals surface area contributed by atoms with Gasteiger partial charge in [0.1, 0.15) is 11.8 Å². The fraction of sp³-hybridized carbons (Fsp3) is 0. The summed E-state index contributed by atoms with van der Waals surface area (Å²) in [4.78, 5) is 3.96. The maximum absolute atomic E-state index is 8.67. The van der Waals surface area contributed by atoms with Crippen molar-refractivity contribution in [1.29, 1.82) is 5.26 Å². The third-order valence-electron chi connectivity index (χ3n) is 2.21. The molecule has 1 aromatic carbocycles. The van der Waals surface area contributed by atoms with E-state index < -0.39 is 0 Å². The molecular weight excluding hydrogens is 279 g/mol. The molecule has 0 unspecified atom stereocenters. The van der Waals surface area contributed by atoms with Crippen LogP contribution in [0.3, 0.4) is 0 Å². The molecule has 0 atom stereocenters. The van der Waals surface area contributed by atoms with Crippen LogP contribution in [0.1, 0.15) is 5.69 Å². The average molecular weight is 284 g/mol. The first kappa shape index (κ1) is 12.2. The summed E-state index contributed by atoms with van der Waals surface area (Å²) in [6.07, 6.45) is 1.54. The standard InChI is InChI=1S/C12H5Cl3N2/c13-9-3-4-10(14)12(15)11(9)7-1-2-8(5-16)17-6-7/h1-4,6H. The number of pyridine rings is 1. The van der Waals surface area contributed by atoms with Crippen LogP contribution in [0.4, 0.5) is 0 Å². The lowest BCUT2D eigenvalue weighted by molar-refractivity contribution is 1.26. The van der Waals surface area contributed by atoms with Gasteiger partial charge in [-0.15, -0.1) is 0 Å². The first-order valence-electron chi connectivity index (χ1n) is 4.63. The van der Waals surface area contributed by atoms with Gasteiger partial charge in [-0.25, -0.2) is 4.98 Å². The Balaban J connectivity index is 2.60. The summed E-state index contributed by atoms with van der Waals surface area (Å²) in [5, 5.41) is 9.96. The maximum atomic E-state index is 8.67. The number of aromatic nitrogens is 1. The molecule has 2 nitrogen and oxygen atoms in total. The van der Waals surface area contributed by atoms with E-state index in [4.69, 9.17) is 40.1 Å². The van der Waals surface area contributed by atoms with Gasteiger partial charge in [0.05, 0.1) is 15.1 Å². The molecule has 0 N–H and O–H groups in total. The highest BCUT2D eigenvalue weighted by atomic mass is 35.5.